The molecule has 1 saturated heterocycles. The maximum atomic E-state index is 10.8. The van der Waals surface area contributed by atoms with E-state index in [1.807, 2.05) is 20.8 Å². The smallest absolute Gasteiger partial charge is 0.317 e. The fraction of sp³-hybridized carbons (Fsp3) is 0.690. The number of allylic oxidation sites excluding steroid dienone is 4. The van der Waals surface area contributed by atoms with Gasteiger partial charge in [-0.3, -0.25) is 14.4 Å². The molecule has 5 nitrogen and oxygen atoms in total. The van der Waals surface area contributed by atoms with E-state index < -0.39 is 11.9 Å². The number of benzene rings is 1. The quantitative estimate of drug-likeness (QED) is 0.156. The van der Waals surface area contributed by atoms with Gasteiger partial charge in [0.1, 0.15) is 0 Å². The highest BCUT2D eigenvalue weighted by Gasteiger charge is 2.37. The van der Waals surface area contributed by atoms with Crippen LogP contribution in [0.4, 0.5) is 0 Å². The summed E-state index contributed by atoms with van der Waals surface area (Å²) in [5.74, 6) is -0.721. The first-order valence-electron chi connectivity index (χ1n) is 15.4. The Hall–Kier alpha value is -2.69. The number of carbonyl (C=O) groups is 3. The SMILES string of the molecule is C.C.C.C.C.C.CC/C=C(\C)CC.CC/C=C/CC.CC1C(=O)OC(=O)C1C.CCC(C)(C)C(=O)OC.CCC(C)c1ccccc1. The first-order chi connectivity index (χ1) is 19.2. The van der Waals surface area contributed by atoms with Gasteiger partial charge in [0, 0.05) is 0 Å². The van der Waals surface area contributed by atoms with E-state index in [1.165, 1.54) is 50.4 Å². The molecule has 0 aromatic heterocycles. The highest BCUT2D eigenvalue weighted by atomic mass is 16.6. The number of rotatable bonds is 8. The molecule has 0 N–H and O–H groups in total. The second-order valence-corrected chi connectivity index (χ2v) is 10.9. The van der Waals surface area contributed by atoms with E-state index in [2.05, 4.69) is 106 Å². The molecule has 1 aromatic carbocycles. The van der Waals surface area contributed by atoms with Crippen LogP contribution in [0.5, 0.6) is 0 Å². The molecule has 3 unspecified atom stereocenters. The second kappa shape index (κ2) is 41.3. The van der Waals surface area contributed by atoms with Crippen molar-refractivity contribution in [2.75, 3.05) is 7.11 Å². The first-order valence-corrected chi connectivity index (χ1v) is 15.4. The molecule has 5 heteroatoms. The number of carbonyl (C=O) groups excluding carboxylic acids is 3. The Bertz CT molecular complexity index is 844. The molecule has 284 valence electrons. The molecule has 1 fully saturated rings. The van der Waals surface area contributed by atoms with Gasteiger partial charge in [0.25, 0.3) is 0 Å². The summed E-state index contributed by atoms with van der Waals surface area (Å²) in [7, 11) is 1.42. The van der Waals surface area contributed by atoms with Crippen LogP contribution in [0.25, 0.3) is 0 Å². The lowest BCUT2D eigenvalue weighted by molar-refractivity contribution is -0.154. The largest absolute Gasteiger partial charge is 0.469 e. The summed E-state index contributed by atoms with van der Waals surface area (Å²) in [6.45, 7) is 24.4. The van der Waals surface area contributed by atoms with Crippen molar-refractivity contribution < 1.29 is 23.9 Å². The Morgan fingerprint density at radius 2 is 1.21 bits per heavy atom. The minimum Gasteiger partial charge on any atom is -0.469 e. The Labute approximate surface area is 297 Å². The molecule has 1 aliphatic heterocycles. The first kappa shape index (κ1) is 66.7. The molecular weight excluding hydrogens is 584 g/mol. The number of cyclic esters (lactones) is 2. The van der Waals surface area contributed by atoms with E-state index in [4.69, 9.17) is 0 Å². The number of methoxy groups -OCH3 is 1. The zero-order chi connectivity index (χ0) is 32.4. The van der Waals surface area contributed by atoms with Crippen LogP contribution < -0.4 is 0 Å². The van der Waals surface area contributed by atoms with E-state index in [-0.39, 0.29) is 67.8 Å². The monoisotopic (exact) mass is 671 g/mol. The molecule has 2 rings (SSSR count). The summed E-state index contributed by atoms with van der Waals surface area (Å²) < 4.78 is 8.87. The number of esters is 3. The van der Waals surface area contributed by atoms with Crippen LogP contribution in [0.1, 0.15) is 178 Å². The van der Waals surface area contributed by atoms with Crippen molar-refractivity contribution in [3.05, 3.63) is 59.7 Å². The van der Waals surface area contributed by atoms with Crippen molar-refractivity contribution in [1.29, 1.82) is 0 Å². The fourth-order valence-electron chi connectivity index (χ4n) is 2.96. The average molecular weight is 671 g/mol. The van der Waals surface area contributed by atoms with Gasteiger partial charge in [-0.2, -0.15) is 0 Å². The Morgan fingerprint density at radius 3 is 1.40 bits per heavy atom. The van der Waals surface area contributed by atoms with Crippen LogP contribution in [0.2, 0.25) is 0 Å². The van der Waals surface area contributed by atoms with Crippen LogP contribution in [-0.4, -0.2) is 25.0 Å². The van der Waals surface area contributed by atoms with Crippen molar-refractivity contribution in [3.63, 3.8) is 0 Å². The van der Waals surface area contributed by atoms with Crippen LogP contribution in [-0.2, 0) is 23.9 Å². The van der Waals surface area contributed by atoms with E-state index in [0.717, 1.165) is 6.42 Å². The molecule has 3 atom stereocenters. The maximum Gasteiger partial charge on any atom is 0.317 e. The van der Waals surface area contributed by atoms with Gasteiger partial charge in [0.15, 0.2) is 0 Å². The van der Waals surface area contributed by atoms with Gasteiger partial charge in [-0.05, 0) is 70.8 Å². The second-order valence-electron chi connectivity index (χ2n) is 10.9. The average Bonchev–Trinajstić information content (AvgIpc) is 3.21. The van der Waals surface area contributed by atoms with Crippen molar-refractivity contribution >= 4 is 17.9 Å². The molecule has 1 aromatic rings. The van der Waals surface area contributed by atoms with E-state index in [9.17, 15) is 14.4 Å². The number of hydrogen-bond donors (Lipinski definition) is 0. The third-order valence-electron chi connectivity index (χ3n) is 7.05. The lowest BCUT2D eigenvalue weighted by Gasteiger charge is -2.17. The van der Waals surface area contributed by atoms with Gasteiger partial charge in [-0.1, -0.05) is 161 Å². The molecule has 47 heavy (non-hydrogen) atoms. The van der Waals surface area contributed by atoms with Gasteiger partial charge in [-0.15, -0.1) is 0 Å². The zero-order valence-corrected chi connectivity index (χ0v) is 28.6. The van der Waals surface area contributed by atoms with Crippen LogP contribution in [0.3, 0.4) is 0 Å². The van der Waals surface area contributed by atoms with Gasteiger partial charge in [0.05, 0.1) is 24.4 Å². The highest BCUT2D eigenvalue weighted by molar-refractivity contribution is 5.95. The molecular formula is C42H86O5. The molecule has 0 aliphatic carbocycles. The Balaban J connectivity index is -0.0000000537. The third kappa shape index (κ3) is 34.5. The summed E-state index contributed by atoms with van der Waals surface area (Å²) in [4.78, 5) is 31.9. The molecule has 0 amide bonds. The maximum absolute atomic E-state index is 10.8. The lowest BCUT2D eigenvalue weighted by atomic mass is 9.91. The predicted molar refractivity (Wildman–Crippen MR) is 215 cm³/mol. The van der Waals surface area contributed by atoms with Crippen LogP contribution in [0.15, 0.2) is 54.1 Å². The molecule has 0 saturated carbocycles. The summed E-state index contributed by atoms with van der Waals surface area (Å²) in [6, 6.07) is 10.6. The lowest BCUT2D eigenvalue weighted by Crippen LogP contribution is -2.24. The highest BCUT2D eigenvalue weighted by Crippen LogP contribution is 2.22. The Morgan fingerprint density at radius 1 is 0.809 bits per heavy atom. The topological polar surface area (TPSA) is 69.7 Å². The van der Waals surface area contributed by atoms with Gasteiger partial charge >= 0.3 is 17.9 Å². The summed E-state index contributed by atoms with van der Waals surface area (Å²) in [5, 5.41) is 0. The molecule has 1 heterocycles. The zero-order valence-electron chi connectivity index (χ0n) is 28.6. The molecule has 0 spiro atoms. The van der Waals surface area contributed by atoms with E-state index in [1.54, 1.807) is 13.8 Å². The standard InChI is InChI=1S/C10H14.C7H14O2.C7H14.C6H8O3.C6H12.6CH4/c1-3-9(2)10-7-5-4-6-8-10;1-5-7(2,3)6(8)9-4;1-4-6-7(3)5-2;1-3-4(2)6(8)9-5(3)7;1-3-5-6-4-2;;;;;;/h4-9H,3H2,1-2H3;5H2,1-4H3;6H,4-5H2,1-3H3;3-4H,1-2H3;5-6H,3-4H2,1-2H3;6*1H4/b;;7-6+;;6-5+;;;;;;. The van der Waals surface area contributed by atoms with Gasteiger partial charge in [-0.25, -0.2) is 0 Å². The normalized spacial score (nSPS) is 14.7. The molecule has 1 aliphatic rings. The van der Waals surface area contributed by atoms with Crippen LogP contribution in [0, 0.1) is 17.3 Å². The van der Waals surface area contributed by atoms with Crippen LogP contribution >= 0.6 is 0 Å². The number of hydrogen-bond acceptors (Lipinski definition) is 5. The van der Waals surface area contributed by atoms with Crippen molar-refractivity contribution in [3.8, 4) is 0 Å². The predicted octanol–water partition coefficient (Wildman–Crippen LogP) is 14.1. The minimum atomic E-state index is -0.396. The fourth-order valence-corrected chi connectivity index (χ4v) is 2.96. The van der Waals surface area contributed by atoms with Crippen molar-refractivity contribution in [2.45, 2.75) is 172 Å². The van der Waals surface area contributed by atoms with E-state index >= 15 is 0 Å². The molecule has 0 radical (unpaired) electrons. The van der Waals surface area contributed by atoms with Crippen molar-refractivity contribution in [1.82, 2.24) is 0 Å². The summed E-state index contributed by atoms with van der Waals surface area (Å²) in [5.41, 5.74) is 2.64. The van der Waals surface area contributed by atoms with Crippen molar-refractivity contribution in [2.24, 2.45) is 17.3 Å². The molecule has 0 bridgehead atoms. The minimum absolute atomic E-state index is 0. The Kier molecular flexibility index (Phi) is 58.6. The summed E-state index contributed by atoms with van der Waals surface area (Å²) >= 11 is 0. The third-order valence-corrected chi connectivity index (χ3v) is 7.05. The summed E-state index contributed by atoms with van der Waals surface area (Å²) in [6.07, 6.45) is 13.4. The van der Waals surface area contributed by atoms with Gasteiger partial charge < -0.3 is 9.47 Å². The number of ether oxygens (including phenoxy) is 2. The van der Waals surface area contributed by atoms with E-state index in [0.29, 0.717) is 5.92 Å². The van der Waals surface area contributed by atoms with Gasteiger partial charge in [0.2, 0.25) is 0 Å².